The van der Waals surface area contributed by atoms with Crippen molar-refractivity contribution in [1.29, 1.82) is 0 Å². The first-order valence-electron chi connectivity index (χ1n) is 4.33. The van der Waals surface area contributed by atoms with Gasteiger partial charge in [0.05, 0.1) is 13.3 Å². The number of nitrogens with zero attached hydrogens (tertiary/aromatic N) is 2. The molecule has 0 radical (unpaired) electrons. The molecule has 1 aromatic heterocycles. The van der Waals surface area contributed by atoms with Crippen molar-refractivity contribution in [2.24, 2.45) is 0 Å². The average molecular weight is 246 g/mol. The Morgan fingerprint density at radius 3 is 3.15 bits per heavy atom. The molecule has 0 aliphatic carbocycles. The summed E-state index contributed by atoms with van der Waals surface area (Å²) in [5.74, 6) is 0.786. The molecule has 4 nitrogen and oxygen atoms in total. The molecule has 5 heteroatoms. The third-order valence-corrected chi connectivity index (χ3v) is 3.01. The van der Waals surface area contributed by atoms with Crippen LogP contribution in [0.25, 0.3) is 0 Å². The molecule has 1 N–H and O–H groups in total. The number of nitrogens with one attached hydrogen (secondary N) is 1. The maximum absolute atomic E-state index is 5.13. The lowest BCUT2D eigenvalue weighted by Gasteiger charge is -2.11. The molecule has 1 aromatic rings. The van der Waals surface area contributed by atoms with Crippen LogP contribution < -0.4 is 10.1 Å². The zero-order chi connectivity index (χ0) is 9.26. The Morgan fingerprint density at radius 2 is 2.62 bits per heavy atom. The SMILES string of the molecule is COc1cnn(C2CCCN2)c1Br. The van der Waals surface area contributed by atoms with E-state index < -0.39 is 0 Å². The summed E-state index contributed by atoms with van der Waals surface area (Å²) >= 11 is 3.46. The van der Waals surface area contributed by atoms with Gasteiger partial charge in [-0.25, -0.2) is 4.68 Å². The van der Waals surface area contributed by atoms with Crippen molar-refractivity contribution >= 4 is 15.9 Å². The summed E-state index contributed by atoms with van der Waals surface area (Å²) in [6.07, 6.45) is 4.38. The van der Waals surface area contributed by atoms with Crippen molar-refractivity contribution in [1.82, 2.24) is 15.1 Å². The first-order valence-corrected chi connectivity index (χ1v) is 5.12. The lowest BCUT2D eigenvalue weighted by atomic mass is 10.3. The van der Waals surface area contributed by atoms with E-state index in [-0.39, 0.29) is 0 Å². The number of methoxy groups -OCH3 is 1. The van der Waals surface area contributed by atoms with Crippen LogP contribution in [0.5, 0.6) is 5.75 Å². The van der Waals surface area contributed by atoms with Crippen LogP contribution in [0.3, 0.4) is 0 Å². The summed E-state index contributed by atoms with van der Waals surface area (Å²) in [4.78, 5) is 0. The molecule has 0 saturated carbocycles. The van der Waals surface area contributed by atoms with Crippen molar-refractivity contribution < 1.29 is 4.74 Å². The minimum absolute atomic E-state index is 0.318. The molecule has 0 amide bonds. The summed E-state index contributed by atoms with van der Waals surface area (Å²) in [7, 11) is 1.65. The number of rotatable bonds is 2. The molecule has 1 unspecified atom stereocenters. The van der Waals surface area contributed by atoms with Gasteiger partial charge < -0.3 is 4.74 Å². The van der Waals surface area contributed by atoms with E-state index in [4.69, 9.17) is 4.74 Å². The molecule has 1 fully saturated rings. The smallest absolute Gasteiger partial charge is 0.171 e. The van der Waals surface area contributed by atoms with Gasteiger partial charge in [0.1, 0.15) is 10.8 Å². The summed E-state index contributed by atoms with van der Waals surface area (Å²) in [5.41, 5.74) is 0. The fourth-order valence-corrected chi connectivity index (χ4v) is 2.16. The highest BCUT2D eigenvalue weighted by Gasteiger charge is 2.20. The highest BCUT2D eigenvalue weighted by Crippen LogP contribution is 2.28. The molecule has 0 bridgehead atoms. The highest BCUT2D eigenvalue weighted by molar-refractivity contribution is 9.10. The summed E-state index contributed by atoms with van der Waals surface area (Å²) in [6.45, 7) is 1.07. The van der Waals surface area contributed by atoms with Crippen LogP contribution in [0, 0.1) is 0 Å². The Bertz CT molecular complexity index is 294. The van der Waals surface area contributed by atoms with Gasteiger partial charge in [-0.2, -0.15) is 5.10 Å². The second-order valence-corrected chi connectivity index (χ2v) is 3.81. The van der Waals surface area contributed by atoms with Gasteiger partial charge in [-0.1, -0.05) is 0 Å². The van der Waals surface area contributed by atoms with Crippen LogP contribution in [0.1, 0.15) is 19.0 Å². The molecular weight excluding hydrogens is 234 g/mol. The molecule has 0 spiro atoms. The number of ether oxygens (including phenoxy) is 1. The van der Waals surface area contributed by atoms with Gasteiger partial charge in [0.25, 0.3) is 0 Å². The second-order valence-electron chi connectivity index (χ2n) is 3.06. The van der Waals surface area contributed by atoms with E-state index in [0.29, 0.717) is 6.17 Å². The highest BCUT2D eigenvalue weighted by atomic mass is 79.9. The number of halogens is 1. The van der Waals surface area contributed by atoms with Gasteiger partial charge in [0, 0.05) is 0 Å². The minimum Gasteiger partial charge on any atom is -0.492 e. The first-order chi connectivity index (χ1) is 6.33. The van der Waals surface area contributed by atoms with E-state index >= 15 is 0 Å². The van der Waals surface area contributed by atoms with Crippen LogP contribution in [-0.2, 0) is 0 Å². The molecule has 1 atom stereocenters. The Hall–Kier alpha value is -0.550. The molecule has 0 aromatic carbocycles. The summed E-state index contributed by atoms with van der Waals surface area (Å²) in [5, 5.41) is 7.62. The van der Waals surface area contributed by atoms with E-state index in [1.165, 1.54) is 6.42 Å². The van der Waals surface area contributed by atoms with Crippen LogP contribution >= 0.6 is 15.9 Å². The van der Waals surface area contributed by atoms with Crippen molar-refractivity contribution in [3.8, 4) is 5.75 Å². The molecule has 13 heavy (non-hydrogen) atoms. The van der Waals surface area contributed by atoms with Gasteiger partial charge in [0.15, 0.2) is 5.75 Å². The third-order valence-electron chi connectivity index (χ3n) is 2.25. The zero-order valence-corrected chi connectivity index (χ0v) is 9.04. The third kappa shape index (κ3) is 1.58. The van der Waals surface area contributed by atoms with Gasteiger partial charge in [0.2, 0.25) is 0 Å². The Kier molecular flexibility index (Phi) is 2.55. The maximum Gasteiger partial charge on any atom is 0.171 e. The Morgan fingerprint density at radius 1 is 1.77 bits per heavy atom. The topological polar surface area (TPSA) is 39.1 Å². The first kappa shape index (κ1) is 9.02. The van der Waals surface area contributed by atoms with Crippen molar-refractivity contribution in [2.75, 3.05) is 13.7 Å². The molecule has 1 saturated heterocycles. The molecule has 2 rings (SSSR count). The summed E-state index contributed by atoms with van der Waals surface area (Å²) < 4.78 is 7.96. The Balaban J connectivity index is 2.24. The molecule has 2 heterocycles. The molecule has 1 aliphatic rings. The van der Waals surface area contributed by atoms with Gasteiger partial charge in [-0.15, -0.1) is 0 Å². The van der Waals surface area contributed by atoms with Gasteiger partial charge in [-0.3, -0.25) is 5.32 Å². The second kappa shape index (κ2) is 3.67. The lowest BCUT2D eigenvalue weighted by Crippen LogP contribution is -2.21. The van der Waals surface area contributed by atoms with Crippen molar-refractivity contribution in [2.45, 2.75) is 19.0 Å². The van der Waals surface area contributed by atoms with Gasteiger partial charge >= 0.3 is 0 Å². The number of aromatic nitrogens is 2. The average Bonchev–Trinajstić information content (AvgIpc) is 2.72. The quantitative estimate of drug-likeness (QED) is 0.860. The predicted octanol–water partition coefficient (Wildman–Crippen LogP) is 1.54. The monoisotopic (exact) mass is 245 g/mol. The van der Waals surface area contributed by atoms with E-state index in [9.17, 15) is 0 Å². The number of hydrogen-bond donors (Lipinski definition) is 1. The van der Waals surface area contributed by atoms with Crippen LogP contribution in [0.4, 0.5) is 0 Å². The summed E-state index contributed by atoms with van der Waals surface area (Å²) in [6, 6.07) is 0. The molecule has 1 aliphatic heterocycles. The van der Waals surface area contributed by atoms with Crippen LogP contribution in [0.15, 0.2) is 10.8 Å². The van der Waals surface area contributed by atoms with E-state index in [1.54, 1.807) is 13.3 Å². The van der Waals surface area contributed by atoms with E-state index in [1.807, 2.05) is 4.68 Å². The van der Waals surface area contributed by atoms with Crippen molar-refractivity contribution in [3.05, 3.63) is 10.8 Å². The van der Waals surface area contributed by atoms with Gasteiger partial charge in [-0.05, 0) is 35.3 Å². The standard InChI is InChI=1S/C8H12BrN3O/c1-13-6-5-11-12(8(6)9)7-3-2-4-10-7/h5,7,10H,2-4H2,1H3. The predicted molar refractivity (Wildman–Crippen MR) is 52.8 cm³/mol. The zero-order valence-electron chi connectivity index (χ0n) is 7.46. The van der Waals surface area contributed by atoms with Crippen LogP contribution in [-0.4, -0.2) is 23.4 Å². The molecule has 72 valence electrons. The Labute approximate surface area is 85.4 Å². The normalized spacial score (nSPS) is 22.2. The minimum atomic E-state index is 0.318. The maximum atomic E-state index is 5.13. The fraction of sp³-hybridized carbons (Fsp3) is 0.625. The number of hydrogen-bond acceptors (Lipinski definition) is 3. The lowest BCUT2D eigenvalue weighted by molar-refractivity contribution is 0.395. The van der Waals surface area contributed by atoms with E-state index in [2.05, 4.69) is 26.3 Å². The van der Waals surface area contributed by atoms with Crippen molar-refractivity contribution in [3.63, 3.8) is 0 Å². The molecular formula is C8H12BrN3O. The largest absolute Gasteiger partial charge is 0.492 e. The fourth-order valence-electron chi connectivity index (χ4n) is 1.56. The van der Waals surface area contributed by atoms with E-state index in [0.717, 1.165) is 23.3 Å². The van der Waals surface area contributed by atoms with Crippen LogP contribution in [0.2, 0.25) is 0 Å².